The van der Waals surface area contributed by atoms with Crippen molar-refractivity contribution in [2.45, 2.75) is 56.0 Å². The van der Waals surface area contributed by atoms with Gasteiger partial charge in [-0.1, -0.05) is 13.8 Å². The fraction of sp³-hybridized carbons (Fsp3) is 1.00. The number of alkyl halides is 9. The Morgan fingerprint density at radius 3 is 1.53 bits per heavy atom. The lowest BCUT2D eigenvalue weighted by Gasteiger charge is -2.49. The maximum atomic E-state index is 13.9. The molecule has 1 rings (SSSR count). The third-order valence-corrected chi connectivity index (χ3v) is 3.06. The van der Waals surface area contributed by atoms with Gasteiger partial charge in [0, 0.05) is 0 Å². The standard InChI is InChI=1S/C10H11F9/c1-5(2)3-6(11)7(12,13)4-8(14,15)10(18,19)9(6,16)17/h5H,3-4H2,1-2H3. The molecule has 0 saturated heterocycles. The van der Waals surface area contributed by atoms with Crippen LogP contribution < -0.4 is 0 Å². The summed E-state index contributed by atoms with van der Waals surface area (Å²) in [5, 5.41) is 0. The van der Waals surface area contributed by atoms with E-state index in [1.807, 2.05) is 0 Å². The zero-order valence-electron chi connectivity index (χ0n) is 9.89. The Balaban J connectivity index is 3.46. The largest absolute Gasteiger partial charge is 0.375 e. The van der Waals surface area contributed by atoms with Gasteiger partial charge in [-0.2, -0.15) is 26.3 Å². The molecular weight excluding hydrogens is 291 g/mol. The molecule has 0 nitrogen and oxygen atoms in total. The van der Waals surface area contributed by atoms with Crippen LogP contribution in [0.5, 0.6) is 0 Å². The second kappa shape index (κ2) is 3.94. The van der Waals surface area contributed by atoms with Crippen LogP contribution in [0.15, 0.2) is 0 Å². The molecule has 0 aromatic heterocycles. The molecular formula is C10H11F9. The fourth-order valence-electron chi connectivity index (χ4n) is 2.08. The highest BCUT2D eigenvalue weighted by molar-refractivity contribution is 5.19. The average Bonchev–Trinajstić information content (AvgIpc) is 2.12. The van der Waals surface area contributed by atoms with Gasteiger partial charge in [-0.05, 0) is 12.3 Å². The van der Waals surface area contributed by atoms with Crippen molar-refractivity contribution >= 4 is 0 Å². The number of hydrogen-bond donors (Lipinski definition) is 0. The maximum absolute atomic E-state index is 13.9. The average molecular weight is 302 g/mol. The Morgan fingerprint density at radius 2 is 1.16 bits per heavy atom. The highest BCUT2D eigenvalue weighted by atomic mass is 19.4. The summed E-state index contributed by atoms with van der Waals surface area (Å²) >= 11 is 0. The van der Waals surface area contributed by atoms with Crippen molar-refractivity contribution in [3.63, 3.8) is 0 Å². The zero-order chi connectivity index (χ0) is 15.5. The summed E-state index contributed by atoms with van der Waals surface area (Å²) in [6.07, 6.45) is -4.61. The highest BCUT2D eigenvalue weighted by Crippen LogP contribution is 2.65. The molecule has 0 spiro atoms. The van der Waals surface area contributed by atoms with E-state index >= 15 is 0 Å². The van der Waals surface area contributed by atoms with E-state index in [0.29, 0.717) is 0 Å². The van der Waals surface area contributed by atoms with Gasteiger partial charge in [0.05, 0.1) is 6.42 Å². The van der Waals surface area contributed by atoms with Gasteiger partial charge in [-0.15, -0.1) is 0 Å². The molecule has 0 N–H and O–H groups in total. The molecule has 1 unspecified atom stereocenters. The van der Waals surface area contributed by atoms with Crippen LogP contribution in [0.1, 0.15) is 26.7 Å². The van der Waals surface area contributed by atoms with Crippen LogP contribution >= 0.6 is 0 Å². The monoisotopic (exact) mass is 302 g/mol. The lowest BCUT2D eigenvalue weighted by Crippen LogP contribution is -2.75. The number of halogens is 9. The first-order valence-corrected chi connectivity index (χ1v) is 5.32. The van der Waals surface area contributed by atoms with Gasteiger partial charge in [0.15, 0.2) is 0 Å². The van der Waals surface area contributed by atoms with Crippen LogP contribution in [0.2, 0.25) is 0 Å². The highest BCUT2D eigenvalue weighted by Gasteiger charge is 2.89. The fourth-order valence-corrected chi connectivity index (χ4v) is 2.08. The molecule has 0 aliphatic heterocycles. The summed E-state index contributed by atoms with van der Waals surface area (Å²) in [5.74, 6) is -24.4. The molecule has 0 aromatic rings. The number of hydrogen-bond acceptors (Lipinski definition) is 0. The second-order valence-electron chi connectivity index (χ2n) is 5.13. The van der Waals surface area contributed by atoms with E-state index in [1.165, 1.54) is 0 Å². The molecule has 0 amide bonds. The summed E-state index contributed by atoms with van der Waals surface area (Å²) < 4.78 is 119. The van der Waals surface area contributed by atoms with Gasteiger partial charge in [0.2, 0.25) is 5.67 Å². The molecule has 1 aliphatic carbocycles. The van der Waals surface area contributed by atoms with Crippen LogP contribution in [-0.4, -0.2) is 29.4 Å². The van der Waals surface area contributed by atoms with Crippen LogP contribution in [0.3, 0.4) is 0 Å². The Bertz CT molecular complexity index is 360. The second-order valence-corrected chi connectivity index (χ2v) is 5.13. The van der Waals surface area contributed by atoms with E-state index in [-0.39, 0.29) is 0 Å². The van der Waals surface area contributed by atoms with E-state index in [4.69, 9.17) is 0 Å². The predicted molar refractivity (Wildman–Crippen MR) is 47.7 cm³/mol. The quantitative estimate of drug-likeness (QED) is 0.649. The minimum absolute atomic E-state index is 1.04. The van der Waals surface area contributed by atoms with Crippen molar-refractivity contribution in [3.05, 3.63) is 0 Å². The maximum Gasteiger partial charge on any atom is 0.375 e. The SMILES string of the molecule is CC(C)CC1(F)C(F)(F)CC(F)(F)C(F)(F)C1(F)F. The van der Waals surface area contributed by atoms with Gasteiger partial charge < -0.3 is 0 Å². The first kappa shape index (κ1) is 16.4. The first-order chi connectivity index (χ1) is 8.12. The molecule has 9 heteroatoms. The zero-order valence-corrected chi connectivity index (χ0v) is 9.89. The van der Waals surface area contributed by atoms with Crippen molar-refractivity contribution in [1.82, 2.24) is 0 Å². The summed E-state index contributed by atoms with van der Waals surface area (Å²) in [6, 6.07) is 0. The molecule has 0 aromatic carbocycles. The molecule has 0 radical (unpaired) electrons. The molecule has 0 heterocycles. The van der Waals surface area contributed by atoms with Gasteiger partial charge in [0.1, 0.15) is 0 Å². The Hall–Kier alpha value is -0.630. The molecule has 1 fully saturated rings. The van der Waals surface area contributed by atoms with Gasteiger partial charge in [-0.25, -0.2) is 13.2 Å². The van der Waals surface area contributed by atoms with Crippen molar-refractivity contribution in [1.29, 1.82) is 0 Å². The number of rotatable bonds is 2. The molecule has 114 valence electrons. The normalized spacial score (nSPS) is 35.4. The van der Waals surface area contributed by atoms with Crippen LogP contribution in [0, 0.1) is 5.92 Å². The molecule has 0 bridgehead atoms. The Morgan fingerprint density at radius 1 is 0.737 bits per heavy atom. The predicted octanol–water partition coefficient (Wildman–Crippen LogP) is 4.69. The minimum Gasteiger partial charge on any atom is -0.230 e. The van der Waals surface area contributed by atoms with Crippen LogP contribution in [0.25, 0.3) is 0 Å². The van der Waals surface area contributed by atoms with Crippen LogP contribution in [-0.2, 0) is 0 Å². The lowest BCUT2D eigenvalue weighted by atomic mass is 9.71. The van der Waals surface area contributed by atoms with Crippen molar-refractivity contribution in [2.75, 3.05) is 0 Å². The van der Waals surface area contributed by atoms with E-state index < -0.39 is 48.1 Å². The van der Waals surface area contributed by atoms with Gasteiger partial charge in [0.25, 0.3) is 5.92 Å². The minimum atomic E-state index is -6.18. The van der Waals surface area contributed by atoms with E-state index in [9.17, 15) is 39.5 Å². The Labute approximate surface area is 103 Å². The van der Waals surface area contributed by atoms with Crippen molar-refractivity contribution < 1.29 is 39.5 Å². The molecule has 1 saturated carbocycles. The third kappa shape index (κ3) is 1.91. The lowest BCUT2D eigenvalue weighted by molar-refractivity contribution is -0.417. The van der Waals surface area contributed by atoms with Gasteiger partial charge >= 0.3 is 17.8 Å². The molecule has 19 heavy (non-hydrogen) atoms. The summed E-state index contributed by atoms with van der Waals surface area (Å²) in [4.78, 5) is 0. The van der Waals surface area contributed by atoms with Gasteiger partial charge in [-0.3, -0.25) is 0 Å². The smallest absolute Gasteiger partial charge is 0.230 e. The summed E-state index contributed by atoms with van der Waals surface area (Å²) in [5.41, 5.74) is -5.01. The van der Waals surface area contributed by atoms with Crippen LogP contribution in [0.4, 0.5) is 39.5 Å². The van der Waals surface area contributed by atoms with E-state index in [2.05, 4.69) is 0 Å². The molecule has 1 atom stereocenters. The van der Waals surface area contributed by atoms with E-state index in [0.717, 1.165) is 13.8 Å². The van der Waals surface area contributed by atoms with Crippen molar-refractivity contribution in [3.8, 4) is 0 Å². The summed E-state index contributed by atoms with van der Waals surface area (Å²) in [7, 11) is 0. The van der Waals surface area contributed by atoms with Crippen molar-refractivity contribution in [2.24, 2.45) is 5.92 Å². The topological polar surface area (TPSA) is 0 Å². The van der Waals surface area contributed by atoms with E-state index in [1.54, 1.807) is 0 Å². The first-order valence-electron chi connectivity index (χ1n) is 5.32. The third-order valence-electron chi connectivity index (χ3n) is 3.06. The summed E-state index contributed by atoms with van der Waals surface area (Å²) in [6.45, 7) is 2.08. The Kier molecular flexibility index (Phi) is 3.41. The molecule has 1 aliphatic rings.